The van der Waals surface area contributed by atoms with Gasteiger partial charge in [0.1, 0.15) is 0 Å². The average Bonchev–Trinajstić information content (AvgIpc) is 2.90. The molecule has 0 saturated heterocycles. The first-order valence-electron chi connectivity index (χ1n) is 9.09. The van der Waals surface area contributed by atoms with Gasteiger partial charge in [0.15, 0.2) is 6.73 Å². The molecule has 1 unspecified atom stereocenters. The summed E-state index contributed by atoms with van der Waals surface area (Å²) in [5.41, 5.74) is 2.75. The van der Waals surface area contributed by atoms with E-state index in [9.17, 15) is 14.4 Å². The van der Waals surface area contributed by atoms with Crippen LogP contribution in [0, 0.1) is 5.92 Å². The molecule has 2 aromatic carbocycles. The van der Waals surface area contributed by atoms with E-state index in [1.807, 2.05) is 24.3 Å². The number of rotatable bonds is 6. The number of imide groups is 1. The molecule has 1 aliphatic rings. The van der Waals surface area contributed by atoms with Crippen LogP contribution in [0.3, 0.4) is 0 Å². The summed E-state index contributed by atoms with van der Waals surface area (Å²) in [6.07, 6.45) is 0.985. The van der Waals surface area contributed by atoms with Gasteiger partial charge in [-0.25, -0.2) is 4.90 Å². The van der Waals surface area contributed by atoms with Gasteiger partial charge in [0, 0.05) is 0 Å². The number of benzene rings is 2. The van der Waals surface area contributed by atoms with E-state index in [2.05, 4.69) is 13.8 Å². The lowest BCUT2D eigenvalue weighted by Crippen LogP contribution is -2.34. The molecule has 140 valence electrons. The zero-order chi connectivity index (χ0) is 19.6. The minimum atomic E-state index is -0.478. The molecule has 1 atom stereocenters. The van der Waals surface area contributed by atoms with Crippen LogP contribution in [0.4, 0.5) is 0 Å². The van der Waals surface area contributed by atoms with Crippen molar-refractivity contribution in [2.45, 2.75) is 33.1 Å². The normalized spacial score (nSPS) is 14.4. The lowest BCUT2D eigenvalue weighted by atomic mass is 9.97. The number of hydrogen-bond donors (Lipinski definition) is 0. The molecule has 0 aliphatic carbocycles. The minimum Gasteiger partial charge on any atom is -0.443 e. The minimum absolute atomic E-state index is 0.340. The Labute approximate surface area is 158 Å². The van der Waals surface area contributed by atoms with Gasteiger partial charge >= 0.3 is 5.97 Å². The second-order valence-electron chi connectivity index (χ2n) is 7.24. The first-order chi connectivity index (χ1) is 12.9. The van der Waals surface area contributed by atoms with Gasteiger partial charge < -0.3 is 4.74 Å². The number of esters is 1. The number of carbonyl (C=O) groups is 3. The second kappa shape index (κ2) is 7.74. The summed E-state index contributed by atoms with van der Waals surface area (Å²) in [4.78, 5) is 37.9. The van der Waals surface area contributed by atoms with E-state index in [1.54, 1.807) is 31.2 Å². The number of carbonyl (C=O) groups excluding carboxylic acids is 3. The largest absolute Gasteiger partial charge is 0.443 e. The molecule has 5 nitrogen and oxygen atoms in total. The Balaban J connectivity index is 1.61. The number of ether oxygens (including phenoxy) is 1. The van der Waals surface area contributed by atoms with Crippen LogP contribution >= 0.6 is 0 Å². The average molecular weight is 365 g/mol. The molecule has 1 aliphatic heterocycles. The van der Waals surface area contributed by atoms with Crippen LogP contribution in [0.1, 0.15) is 58.5 Å². The fourth-order valence-electron chi connectivity index (χ4n) is 3.16. The maximum absolute atomic E-state index is 12.4. The highest BCUT2D eigenvalue weighted by Crippen LogP contribution is 2.23. The molecule has 5 heteroatoms. The maximum atomic E-state index is 12.4. The number of nitrogens with zero attached hydrogens (tertiary/aromatic N) is 1. The molecule has 27 heavy (non-hydrogen) atoms. The molecule has 0 bridgehead atoms. The van der Waals surface area contributed by atoms with Gasteiger partial charge in [-0.1, -0.05) is 50.2 Å². The van der Waals surface area contributed by atoms with Crippen molar-refractivity contribution < 1.29 is 19.1 Å². The first-order valence-corrected chi connectivity index (χ1v) is 9.09. The van der Waals surface area contributed by atoms with E-state index in [-0.39, 0.29) is 6.73 Å². The van der Waals surface area contributed by atoms with Crippen molar-refractivity contribution in [3.8, 4) is 0 Å². The number of hydrogen-bond acceptors (Lipinski definition) is 4. The summed E-state index contributed by atoms with van der Waals surface area (Å²) in [6, 6.07) is 14.5. The Hall–Kier alpha value is -2.95. The zero-order valence-corrected chi connectivity index (χ0v) is 15.8. The SMILES string of the molecule is CC(C)Cc1ccc(C(C)C(=O)OCN2C(=O)c3ccccc3C2=O)cc1. The van der Waals surface area contributed by atoms with E-state index in [1.165, 1.54) is 5.56 Å². The van der Waals surface area contributed by atoms with Crippen LogP contribution < -0.4 is 0 Å². The van der Waals surface area contributed by atoms with E-state index in [0.717, 1.165) is 16.9 Å². The fourth-order valence-corrected chi connectivity index (χ4v) is 3.16. The van der Waals surface area contributed by atoms with E-state index >= 15 is 0 Å². The predicted octanol–water partition coefficient (Wildman–Crippen LogP) is 3.79. The molecule has 0 spiro atoms. The summed E-state index contributed by atoms with van der Waals surface area (Å²) in [6.45, 7) is 5.70. The van der Waals surface area contributed by atoms with Crippen molar-refractivity contribution in [2.75, 3.05) is 6.73 Å². The van der Waals surface area contributed by atoms with Crippen LogP contribution in [-0.2, 0) is 16.0 Å². The fraction of sp³-hybridized carbons (Fsp3) is 0.318. The van der Waals surface area contributed by atoms with Gasteiger partial charge in [-0.2, -0.15) is 0 Å². The third-order valence-electron chi connectivity index (χ3n) is 4.69. The van der Waals surface area contributed by atoms with Crippen LogP contribution in [0.25, 0.3) is 0 Å². The van der Waals surface area contributed by atoms with Crippen molar-refractivity contribution in [1.82, 2.24) is 4.90 Å². The van der Waals surface area contributed by atoms with E-state index in [4.69, 9.17) is 4.74 Å². The summed E-state index contributed by atoms with van der Waals surface area (Å²) in [7, 11) is 0. The molecule has 0 radical (unpaired) electrons. The van der Waals surface area contributed by atoms with E-state index in [0.29, 0.717) is 17.0 Å². The molecule has 0 saturated carbocycles. The maximum Gasteiger partial charge on any atom is 0.314 e. The molecular weight excluding hydrogens is 342 g/mol. The molecule has 2 aromatic rings. The molecule has 1 heterocycles. The lowest BCUT2D eigenvalue weighted by molar-refractivity contribution is -0.147. The quantitative estimate of drug-likeness (QED) is 0.577. The summed E-state index contributed by atoms with van der Waals surface area (Å²) in [5, 5.41) is 0. The first kappa shape index (κ1) is 18.8. The van der Waals surface area contributed by atoms with Gasteiger partial charge in [-0.05, 0) is 42.5 Å². The summed E-state index contributed by atoms with van der Waals surface area (Å²) >= 11 is 0. The Morgan fingerprint density at radius 1 is 0.926 bits per heavy atom. The van der Waals surface area contributed by atoms with Crippen LogP contribution in [0.5, 0.6) is 0 Å². The number of fused-ring (bicyclic) bond motifs is 1. The lowest BCUT2D eigenvalue weighted by Gasteiger charge is -2.17. The monoisotopic (exact) mass is 365 g/mol. The van der Waals surface area contributed by atoms with Gasteiger partial charge in [-0.3, -0.25) is 14.4 Å². The Kier molecular flexibility index (Phi) is 5.40. The van der Waals surface area contributed by atoms with E-state index < -0.39 is 23.7 Å². The predicted molar refractivity (Wildman–Crippen MR) is 101 cm³/mol. The summed E-state index contributed by atoms with van der Waals surface area (Å²) in [5.74, 6) is -1.25. The molecule has 3 rings (SSSR count). The highest BCUT2D eigenvalue weighted by molar-refractivity contribution is 6.21. The van der Waals surface area contributed by atoms with Crippen LogP contribution in [0.2, 0.25) is 0 Å². The van der Waals surface area contributed by atoms with Gasteiger partial charge in [0.25, 0.3) is 11.8 Å². The third kappa shape index (κ3) is 3.92. The Bertz CT molecular complexity index is 835. The number of amides is 2. The summed E-state index contributed by atoms with van der Waals surface area (Å²) < 4.78 is 5.25. The smallest absolute Gasteiger partial charge is 0.314 e. The molecule has 2 amide bonds. The van der Waals surface area contributed by atoms with Crippen molar-refractivity contribution in [2.24, 2.45) is 5.92 Å². The molecular formula is C22H23NO4. The second-order valence-corrected chi connectivity index (χ2v) is 7.24. The Morgan fingerprint density at radius 2 is 1.48 bits per heavy atom. The molecule has 0 aromatic heterocycles. The van der Waals surface area contributed by atoms with Crippen LogP contribution in [-0.4, -0.2) is 29.4 Å². The van der Waals surface area contributed by atoms with Crippen molar-refractivity contribution in [1.29, 1.82) is 0 Å². The van der Waals surface area contributed by atoms with Crippen molar-refractivity contribution in [3.05, 3.63) is 70.8 Å². The Morgan fingerprint density at radius 3 is 2.00 bits per heavy atom. The molecule has 0 N–H and O–H groups in total. The van der Waals surface area contributed by atoms with Crippen molar-refractivity contribution >= 4 is 17.8 Å². The standard InChI is InChI=1S/C22H23NO4/c1-14(2)12-16-8-10-17(11-9-16)15(3)22(26)27-13-23-20(24)18-6-4-5-7-19(18)21(23)25/h4-11,14-15H,12-13H2,1-3H3. The third-order valence-corrected chi connectivity index (χ3v) is 4.69. The van der Waals surface area contributed by atoms with Gasteiger partial charge in [0.05, 0.1) is 17.0 Å². The highest BCUT2D eigenvalue weighted by atomic mass is 16.5. The topological polar surface area (TPSA) is 63.7 Å². The highest BCUT2D eigenvalue weighted by Gasteiger charge is 2.36. The van der Waals surface area contributed by atoms with Crippen molar-refractivity contribution in [3.63, 3.8) is 0 Å². The van der Waals surface area contributed by atoms with Gasteiger partial charge in [0.2, 0.25) is 0 Å². The van der Waals surface area contributed by atoms with Crippen LogP contribution in [0.15, 0.2) is 48.5 Å². The zero-order valence-electron chi connectivity index (χ0n) is 15.8. The van der Waals surface area contributed by atoms with Gasteiger partial charge in [-0.15, -0.1) is 0 Å². The molecule has 0 fully saturated rings.